The molecule has 0 radical (unpaired) electrons. The molecule has 0 N–H and O–H groups in total. The summed E-state index contributed by atoms with van der Waals surface area (Å²) in [7, 11) is 0. The van der Waals surface area contributed by atoms with Crippen LogP contribution in [0.15, 0.2) is 73.1 Å². The smallest absolute Gasteiger partial charge is 0.182 e. The van der Waals surface area contributed by atoms with Crippen LogP contribution in [0.25, 0.3) is 33.5 Å². The minimum atomic E-state index is -0.00258. The Labute approximate surface area is 147 Å². The average molecular weight is 325 g/mol. The van der Waals surface area contributed by atoms with Gasteiger partial charge in [-0.2, -0.15) is 4.57 Å². The van der Waals surface area contributed by atoms with Gasteiger partial charge in [-0.05, 0) is 64.6 Å². The third-order valence-electron chi connectivity index (χ3n) is 4.69. The highest BCUT2D eigenvalue weighted by Crippen LogP contribution is 2.24. The van der Waals surface area contributed by atoms with Crippen LogP contribution in [0.3, 0.4) is 0 Å². The van der Waals surface area contributed by atoms with Crippen LogP contribution in [0, 0.1) is 13.8 Å². The van der Waals surface area contributed by atoms with Crippen molar-refractivity contribution in [3.63, 3.8) is 0 Å². The van der Waals surface area contributed by atoms with Gasteiger partial charge in [0, 0.05) is 11.5 Å². The molecule has 0 atom stereocenters. The van der Waals surface area contributed by atoms with Gasteiger partial charge >= 0.3 is 0 Å². The summed E-state index contributed by atoms with van der Waals surface area (Å²) in [5, 5.41) is 17.1. The van der Waals surface area contributed by atoms with Crippen molar-refractivity contribution in [2.24, 2.45) is 0 Å². The van der Waals surface area contributed by atoms with E-state index in [2.05, 4.69) is 44.2 Å². The zero-order valence-electron chi connectivity index (χ0n) is 14.4. The molecule has 0 saturated carbocycles. The summed E-state index contributed by atoms with van der Waals surface area (Å²) < 4.78 is 1.84. The van der Waals surface area contributed by atoms with Gasteiger partial charge in [-0.15, -0.1) is 0 Å². The second-order valence-corrected chi connectivity index (χ2v) is 6.52. The van der Waals surface area contributed by atoms with Gasteiger partial charge in [-0.3, -0.25) is 0 Å². The number of aromatic nitrogens is 1. The van der Waals surface area contributed by atoms with Crippen molar-refractivity contribution in [1.82, 2.24) is 0 Å². The molecule has 0 saturated heterocycles. The van der Waals surface area contributed by atoms with E-state index < -0.39 is 0 Å². The van der Waals surface area contributed by atoms with Crippen LogP contribution in [0.2, 0.25) is 0 Å². The van der Waals surface area contributed by atoms with Gasteiger partial charge < -0.3 is 5.11 Å². The summed E-state index contributed by atoms with van der Waals surface area (Å²) in [6.45, 7) is 4.28. The van der Waals surface area contributed by atoms with E-state index in [1.54, 1.807) is 6.20 Å². The van der Waals surface area contributed by atoms with Crippen LogP contribution >= 0.6 is 0 Å². The third-order valence-corrected chi connectivity index (χ3v) is 4.69. The number of pyridine rings is 1. The quantitative estimate of drug-likeness (QED) is 0.308. The van der Waals surface area contributed by atoms with Gasteiger partial charge in [0.15, 0.2) is 18.6 Å². The fraction of sp³-hybridized carbons (Fsp3) is 0.0870. The molecule has 25 heavy (non-hydrogen) atoms. The molecule has 0 unspecified atom stereocenters. The maximum atomic E-state index is 12.4. The number of nitrogens with zero attached hydrogens (tertiary/aromatic N) is 1. The van der Waals surface area contributed by atoms with Crippen LogP contribution in [0.4, 0.5) is 0 Å². The zero-order valence-corrected chi connectivity index (χ0v) is 14.4. The van der Waals surface area contributed by atoms with E-state index in [9.17, 15) is 5.11 Å². The van der Waals surface area contributed by atoms with E-state index in [0.29, 0.717) is 5.56 Å². The molecule has 0 aliphatic rings. The second kappa shape index (κ2) is 6.06. The molecule has 122 valence electrons. The van der Waals surface area contributed by atoms with Crippen LogP contribution in [0.1, 0.15) is 16.7 Å². The Kier molecular flexibility index (Phi) is 3.73. The van der Waals surface area contributed by atoms with Gasteiger partial charge in [0.25, 0.3) is 0 Å². The number of fused-ring (bicyclic) bond motifs is 2. The Hall–Kier alpha value is -3.13. The van der Waals surface area contributed by atoms with E-state index in [-0.39, 0.29) is 5.76 Å². The first kappa shape index (κ1) is 15.4. The first-order valence-corrected chi connectivity index (χ1v) is 8.40. The van der Waals surface area contributed by atoms with Crippen LogP contribution in [-0.2, 0) is 0 Å². The summed E-state index contributed by atoms with van der Waals surface area (Å²) in [5.74, 6) is -0.00258. The van der Waals surface area contributed by atoms with Crippen molar-refractivity contribution < 1.29 is 9.67 Å². The van der Waals surface area contributed by atoms with Gasteiger partial charge in [-0.25, -0.2) is 0 Å². The molecule has 2 heteroatoms. The summed E-state index contributed by atoms with van der Waals surface area (Å²) in [5.41, 5.74) is 3.29. The Bertz CT molecular complexity index is 1110. The SMILES string of the molecule is Cc1cc2cc3cc[n+](/C=C(\[O-])c4ccccc4)cc3cc2cc1C. The van der Waals surface area contributed by atoms with Crippen molar-refractivity contribution in [2.45, 2.75) is 13.8 Å². The lowest BCUT2D eigenvalue weighted by molar-refractivity contribution is -0.568. The molecular formula is C23H19NO. The molecule has 0 bridgehead atoms. The molecule has 2 nitrogen and oxygen atoms in total. The second-order valence-electron chi connectivity index (χ2n) is 6.52. The monoisotopic (exact) mass is 325 g/mol. The standard InChI is InChI=1S/C23H19NO/c1-16-10-20-12-19-8-9-24(14-22(19)13-21(20)11-17(16)2)15-23(25)18-6-4-3-5-7-18/h3-15H,1-2H3/b23-15-. The molecule has 1 aromatic heterocycles. The fourth-order valence-corrected chi connectivity index (χ4v) is 3.13. The summed E-state index contributed by atoms with van der Waals surface area (Å²) >= 11 is 0. The Morgan fingerprint density at radius 3 is 2.12 bits per heavy atom. The fourth-order valence-electron chi connectivity index (χ4n) is 3.13. The Morgan fingerprint density at radius 2 is 1.44 bits per heavy atom. The summed E-state index contributed by atoms with van der Waals surface area (Å²) in [6.07, 6.45) is 5.56. The third kappa shape index (κ3) is 2.99. The maximum absolute atomic E-state index is 12.4. The first-order chi connectivity index (χ1) is 12.1. The van der Waals surface area contributed by atoms with Crippen LogP contribution in [0.5, 0.6) is 0 Å². The highest BCUT2D eigenvalue weighted by atomic mass is 16.3. The molecular weight excluding hydrogens is 306 g/mol. The number of hydrogen-bond donors (Lipinski definition) is 0. The van der Waals surface area contributed by atoms with Crippen molar-refractivity contribution in [3.8, 4) is 0 Å². The lowest BCUT2D eigenvalue weighted by atomic mass is 10.00. The molecule has 0 spiro atoms. The molecule has 4 rings (SSSR count). The van der Waals surface area contributed by atoms with Gasteiger partial charge in [-0.1, -0.05) is 42.5 Å². The van der Waals surface area contributed by atoms with E-state index in [1.807, 2.05) is 47.3 Å². The minimum absolute atomic E-state index is 0.00258. The molecule has 0 fully saturated rings. The van der Waals surface area contributed by atoms with Crippen molar-refractivity contribution >= 4 is 33.5 Å². The zero-order chi connectivity index (χ0) is 17.4. The predicted molar refractivity (Wildman–Crippen MR) is 102 cm³/mol. The largest absolute Gasteiger partial charge is 0.868 e. The van der Waals surface area contributed by atoms with Gasteiger partial charge in [0.05, 0.1) is 0 Å². The summed E-state index contributed by atoms with van der Waals surface area (Å²) in [4.78, 5) is 0. The first-order valence-electron chi connectivity index (χ1n) is 8.40. The van der Waals surface area contributed by atoms with Crippen LogP contribution < -0.4 is 9.67 Å². The van der Waals surface area contributed by atoms with Gasteiger partial charge in [0.2, 0.25) is 0 Å². The highest BCUT2D eigenvalue weighted by Gasteiger charge is 2.05. The lowest BCUT2D eigenvalue weighted by Crippen LogP contribution is -2.26. The maximum Gasteiger partial charge on any atom is 0.182 e. The highest BCUT2D eigenvalue weighted by molar-refractivity contribution is 5.98. The number of aryl methyl sites for hydroxylation is 2. The van der Waals surface area contributed by atoms with Crippen molar-refractivity contribution in [3.05, 3.63) is 89.7 Å². The average Bonchev–Trinajstić information content (AvgIpc) is 2.62. The molecule has 0 aliphatic heterocycles. The van der Waals surface area contributed by atoms with E-state index in [1.165, 1.54) is 27.3 Å². The molecule has 0 aliphatic carbocycles. The molecule has 0 amide bonds. The normalized spacial score (nSPS) is 12.0. The van der Waals surface area contributed by atoms with Crippen molar-refractivity contribution in [1.29, 1.82) is 0 Å². The van der Waals surface area contributed by atoms with Crippen molar-refractivity contribution in [2.75, 3.05) is 0 Å². The minimum Gasteiger partial charge on any atom is -0.868 e. The predicted octanol–water partition coefficient (Wildman–Crippen LogP) is 4.21. The number of rotatable bonds is 2. The number of hydrogen-bond acceptors (Lipinski definition) is 1. The molecule has 1 heterocycles. The lowest BCUT2D eigenvalue weighted by Gasteiger charge is -2.09. The van der Waals surface area contributed by atoms with E-state index >= 15 is 0 Å². The summed E-state index contributed by atoms with van der Waals surface area (Å²) in [6, 6.07) is 20.2. The Balaban J connectivity index is 1.82. The Morgan fingerprint density at radius 1 is 0.800 bits per heavy atom. The van der Waals surface area contributed by atoms with Gasteiger partial charge in [0.1, 0.15) is 0 Å². The topological polar surface area (TPSA) is 26.9 Å². The number of benzene rings is 3. The van der Waals surface area contributed by atoms with E-state index in [4.69, 9.17) is 0 Å². The van der Waals surface area contributed by atoms with E-state index in [0.717, 1.165) is 5.39 Å². The molecule has 3 aromatic carbocycles. The van der Waals surface area contributed by atoms with Crippen LogP contribution in [-0.4, -0.2) is 0 Å². The molecule has 4 aromatic rings.